The highest BCUT2D eigenvalue weighted by Crippen LogP contribution is 2.37. The molecule has 7 atom stereocenters. The molecule has 0 aromatic heterocycles. The number of carbonyl (C=O) groups excluding carboxylic acids is 1. The van der Waals surface area contributed by atoms with Gasteiger partial charge >= 0.3 is 0 Å². The van der Waals surface area contributed by atoms with Gasteiger partial charge in [-0.3, -0.25) is 4.79 Å². The van der Waals surface area contributed by atoms with Gasteiger partial charge < -0.3 is 44.5 Å². The Morgan fingerprint density at radius 1 is 1.03 bits per heavy atom. The first-order valence-electron chi connectivity index (χ1n) is 13.6. The standard InChI is InChI=1S/C29H36O10/c30-15-23-26(33)27(34)28(35)29(39-23)38-22-5-3-4-19(31)25(22)20(32)11-8-16-7-9-17-10-12-21(18(17)14-16)37-24-6-1-2-13-36-24/h3-5,7,9,14,21,23-24,26-31,33-35H,1-2,6,8,10-13,15H2/t21?,23-,24?,26-,27+,28-,29-/m1/s1. The first-order valence-corrected chi connectivity index (χ1v) is 13.6. The van der Waals surface area contributed by atoms with Crippen LogP contribution >= 0.6 is 0 Å². The van der Waals surface area contributed by atoms with E-state index in [0.717, 1.165) is 49.8 Å². The molecule has 2 heterocycles. The molecule has 2 aromatic rings. The van der Waals surface area contributed by atoms with Crippen LogP contribution in [0, 0.1) is 0 Å². The number of rotatable bonds is 9. The number of Topliss-reactive ketones (excluding diaryl/α,β-unsaturated/α-hetero) is 1. The molecule has 0 amide bonds. The molecule has 2 aromatic carbocycles. The number of fused-ring (bicyclic) bond motifs is 1. The molecule has 5 rings (SSSR count). The summed E-state index contributed by atoms with van der Waals surface area (Å²) in [7, 11) is 0. The predicted molar refractivity (Wildman–Crippen MR) is 137 cm³/mol. The quantitative estimate of drug-likeness (QED) is 0.296. The first-order chi connectivity index (χ1) is 18.9. The summed E-state index contributed by atoms with van der Waals surface area (Å²) in [6, 6.07) is 10.4. The summed E-state index contributed by atoms with van der Waals surface area (Å²) in [6.45, 7) is 0.109. The Bertz CT molecular complexity index is 1140. The van der Waals surface area contributed by atoms with Crippen molar-refractivity contribution < 1.29 is 49.3 Å². The lowest BCUT2D eigenvalue weighted by Gasteiger charge is -2.39. The molecular formula is C29H36O10. The van der Waals surface area contributed by atoms with Crippen LogP contribution in [0.3, 0.4) is 0 Å². The molecule has 2 unspecified atom stereocenters. The van der Waals surface area contributed by atoms with E-state index in [0.29, 0.717) is 6.42 Å². The van der Waals surface area contributed by atoms with Crippen molar-refractivity contribution in [3.8, 4) is 11.5 Å². The van der Waals surface area contributed by atoms with Gasteiger partial charge in [-0.25, -0.2) is 0 Å². The number of hydrogen-bond donors (Lipinski definition) is 5. The zero-order valence-corrected chi connectivity index (χ0v) is 21.6. The van der Waals surface area contributed by atoms with Crippen LogP contribution in [0.15, 0.2) is 36.4 Å². The lowest BCUT2D eigenvalue weighted by atomic mass is 9.98. The first kappa shape index (κ1) is 28.0. The Labute approximate surface area is 226 Å². The molecule has 0 spiro atoms. The van der Waals surface area contributed by atoms with Gasteiger partial charge in [0.2, 0.25) is 6.29 Å². The summed E-state index contributed by atoms with van der Waals surface area (Å²) >= 11 is 0. The highest BCUT2D eigenvalue weighted by Gasteiger charge is 2.45. The number of aliphatic hydroxyl groups excluding tert-OH is 4. The van der Waals surface area contributed by atoms with Crippen molar-refractivity contribution in [2.45, 2.75) is 88.0 Å². The van der Waals surface area contributed by atoms with E-state index in [1.165, 1.54) is 23.8 Å². The molecule has 3 aliphatic rings. The van der Waals surface area contributed by atoms with Crippen molar-refractivity contribution in [1.82, 2.24) is 0 Å². The Morgan fingerprint density at radius 3 is 2.64 bits per heavy atom. The van der Waals surface area contributed by atoms with Crippen molar-refractivity contribution in [1.29, 1.82) is 0 Å². The minimum atomic E-state index is -1.64. The highest BCUT2D eigenvalue weighted by atomic mass is 16.7. The third kappa shape index (κ3) is 6.12. The molecule has 2 aliphatic heterocycles. The highest BCUT2D eigenvalue weighted by molar-refractivity contribution is 6.01. The van der Waals surface area contributed by atoms with E-state index in [1.54, 1.807) is 0 Å². The van der Waals surface area contributed by atoms with Crippen LogP contribution in [-0.2, 0) is 27.1 Å². The number of benzene rings is 2. The number of phenolic OH excluding ortho intramolecular Hbond substituents is 1. The van der Waals surface area contributed by atoms with Gasteiger partial charge in [-0.15, -0.1) is 0 Å². The smallest absolute Gasteiger partial charge is 0.229 e. The van der Waals surface area contributed by atoms with Gasteiger partial charge in [-0.1, -0.05) is 24.3 Å². The average molecular weight is 545 g/mol. The Hall–Kier alpha value is -2.57. The Balaban J connectivity index is 1.26. The van der Waals surface area contributed by atoms with Crippen LogP contribution in [0.25, 0.3) is 0 Å². The topological polar surface area (TPSA) is 155 Å². The molecule has 0 saturated carbocycles. The van der Waals surface area contributed by atoms with E-state index in [-0.39, 0.29) is 41.7 Å². The summed E-state index contributed by atoms with van der Waals surface area (Å²) in [5, 5.41) is 50.3. The lowest BCUT2D eigenvalue weighted by molar-refractivity contribution is -0.277. The SMILES string of the molecule is O=C(CCc1ccc2c(c1)C(OC1CCCCO1)CC2)c1c(O)cccc1O[C@@H]1O[C@H](CO)[C@@H](O)[C@H](O)[C@H]1O. The van der Waals surface area contributed by atoms with Crippen LogP contribution in [0.4, 0.5) is 0 Å². The molecule has 212 valence electrons. The minimum absolute atomic E-state index is 0.0320. The van der Waals surface area contributed by atoms with Gasteiger partial charge in [0.1, 0.15) is 41.5 Å². The molecular weight excluding hydrogens is 508 g/mol. The number of aliphatic hydroxyl groups is 4. The maximum atomic E-state index is 13.3. The molecule has 10 nitrogen and oxygen atoms in total. The molecule has 0 radical (unpaired) electrons. The molecule has 39 heavy (non-hydrogen) atoms. The fraction of sp³-hybridized carbons (Fsp3) is 0.552. The van der Waals surface area contributed by atoms with Gasteiger partial charge in [-0.05, 0) is 67.3 Å². The number of phenols is 1. The third-order valence-electron chi connectivity index (χ3n) is 7.70. The average Bonchev–Trinajstić information content (AvgIpc) is 3.34. The number of ketones is 1. The van der Waals surface area contributed by atoms with Crippen molar-refractivity contribution >= 4 is 5.78 Å². The van der Waals surface area contributed by atoms with Crippen molar-refractivity contribution in [2.24, 2.45) is 0 Å². The van der Waals surface area contributed by atoms with Gasteiger partial charge in [0, 0.05) is 13.0 Å². The molecule has 2 fully saturated rings. The normalized spacial score (nSPS) is 30.6. The van der Waals surface area contributed by atoms with Crippen LogP contribution in [0.5, 0.6) is 11.5 Å². The van der Waals surface area contributed by atoms with Crippen LogP contribution < -0.4 is 4.74 Å². The second-order valence-corrected chi connectivity index (χ2v) is 10.4. The second kappa shape index (κ2) is 12.3. The summed E-state index contributed by atoms with van der Waals surface area (Å²) in [4.78, 5) is 13.3. The number of hydrogen-bond acceptors (Lipinski definition) is 10. The van der Waals surface area contributed by atoms with E-state index >= 15 is 0 Å². The monoisotopic (exact) mass is 544 g/mol. The zero-order valence-electron chi connectivity index (χ0n) is 21.6. The number of aromatic hydroxyl groups is 1. The minimum Gasteiger partial charge on any atom is -0.507 e. The second-order valence-electron chi connectivity index (χ2n) is 10.4. The maximum Gasteiger partial charge on any atom is 0.229 e. The van der Waals surface area contributed by atoms with E-state index in [9.17, 15) is 30.3 Å². The predicted octanol–water partition coefficient (Wildman–Crippen LogP) is 1.92. The summed E-state index contributed by atoms with van der Waals surface area (Å²) < 4.78 is 23.1. The summed E-state index contributed by atoms with van der Waals surface area (Å²) in [5.74, 6) is -0.715. The fourth-order valence-electron chi connectivity index (χ4n) is 5.48. The Morgan fingerprint density at radius 2 is 1.87 bits per heavy atom. The van der Waals surface area contributed by atoms with Crippen molar-refractivity contribution in [3.05, 3.63) is 58.7 Å². The number of ether oxygens (including phenoxy) is 4. The van der Waals surface area contributed by atoms with Crippen LogP contribution in [0.2, 0.25) is 0 Å². The largest absolute Gasteiger partial charge is 0.507 e. The maximum absolute atomic E-state index is 13.3. The molecule has 1 aliphatic carbocycles. The zero-order chi connectivity index (χ0) is 27.5. The fourth-order valence-corrected chi connectivity index (χ4v) is 5.48. The number of carbonyl (C=O) groups is 1. The van der Waals surface area contributed by atoms with Gasteiger partial charge in [0.05, 0.1) is 12.7 Å². The molecule has 2 saturated heterocycles. The van der Waals surface area contributed by atoms with Gasteiger partial charge in [-0.2, -0.15) is 0 Å². The van der Waals surface area contributed by atoms with E-state index < -0.39 is 37.3 Å². The molecule has 10 heteroatoms. The summed E-state index contributed by atoms with van der Waals surface area (Å²) in [6.07, 6.45) is -2.27. The van der Waals surface area contributed by atoms with Gasteiger partial charge in [0.25, 0.3) is 0 Å². The third-order valence-corrected chi connectivity index (χ3v) is 7.70. The molecule has 0 bridgehead atoms. The van der Waals surface area contributed by atoms with E-state index in [4.69, 9.17) is 18.9 Å². The lowest BCUT2D eigenvalue weighted by Crippen LogP contribution is -2.60. The van der Waals surface area contributed by atoms with E-state index in [2.05, 4.69) is 12.1 Å². The van der Waals surface area contributed by atoms with Crippen molar-refractivity contribution in [2.75, 3.05) is 13.2 Å². The van der Waals surface area contributed by atoms with Gasteiger partial charge in [0.15, 0.2) is 12.1 Å². The summed E-state index contributed by atoms with van der Waals surface area (Å²) in [5.41, 5.74) is 3.25. The molecule has 5 N–H and O–H groups in total. The Kier molecular flexibility index (Phi) is 8.82. The van der Waals surface area contributed by atoms with E-state index in [1.807, 2.05) is 6.07 Å². The number of aryl methyl sites for hydroxylation is 2. The van der Waals surface area contributed by atoms with Crippen LogP contribution in [0.1, 0.15) is 65.3 Å². The van der Waals surface area contributed by atoms with Crippen LogP contribution in [-0.4, -0.2) is 81.5 Å². The van der Waals surface area contributed by atoms with Crippen molar-refractivity contribution in [3.63, 3.8) is 0 Å².